The molecule has 0 aliphatic rings. The van der Waals surface area contributed by atoms with Crippen molar-refractivity contribution in [3.8, 4) is 5.75 Å². The minimum Gasteiger partial charge on any atom is -0.488 e. The largest absolute Gasteiger partial charge is 0.488 e. The Morgan fingerprint density at radius 1 is 1.16 bits per heavy atom. The molecule has 0 radical (unpaired) electrons. The summed E-state index contributed by atoms with van der Waals surface area (Å²) in [6.45, 7) is 1.20. The van der Waals surface area contributed by atoms with Crippen LogP contribution in [0.15, 0.2) is 46.9 Å². The summed E-state index contributed by atoms with van der Waals surface area (Å²) in [4.78, 5) is 0. The van der Waals surface area contributed by atoms with Crippen LogP contribution in [0.5, 0.6) is 5.75 Å². The summed E-state index contributed by atoms with van der Waals surface area (Å²) in [5.41, 5.74) is 2.27. The van der Waals surface area contributed by atoms with Gasteiger partial charge in [0.15, 0.2) is 0 Å². The second-order valence-electron chi connectivity index (χ2n) is 4.16. The number of ether oxygens (including phenoxy) is 1. The SMILES string of the molecule is CNCc1ccccc1COc1cc(F)ccc1Br. The first kappa shape index (κ1) is 14.0. The summed E-state index contributed by atoms with van der Waals surface area (Å²) in [7, 11) is 1.90. The van der Waals surface area contributed by atoms with E-state index >= 15 is 0 Å². The van der Waals surface area contributed by atoms with Gasteiger partial charge in [0.25, 0.3) is 0 Å². The van der Waals surface area contributed by atoms with Crippen molar-refractivity contribution < 1.29 is 9.13 Å². The van der Waals surface area contributed by atoms with Crippen LogP contribution in [0.25, 0.3) is 0 Å². The van der Waals surface area contributed by atoms with Crippen molar-refractivity contribution in [2.45, 2.75) is 13.2 Å². The maximum atomic E-state index is 13.2. The van der Waals surface area contributed by atoms with Crippen LogP contribution in [0.2, 0.25) is 0 Å². The third-order valence-corrected chi connectivity index (χ3v) is 3.42. The molecule has 100 valence electrons. The molecule has 2 aromatic carbocycles. The van der Waals surface area contributed by atoms with Gasteiger partial charge in [0.2, 0.25) is 0 Å². The van der Waals surface area contributed by atoms with Gasteiger partial charge in [-0.05, 0) is 46.2 Å². The average Bonchev–Trinajstić information content (AvgIpc) is 2.42. The van der Waals surface area contributed by atoms with E-state index in [2.05, 4.69) is 27.3 Å². The zero-order valence-electron chi connectivity index (χ0n) is 10.6. The molecule has 1 N–H and O–H groups in total. The molecule has 0 heterocycles. The Hall–Kier alpha value is -1.39. The predicted molar refractivity (Wildman–Crippen MR) is 77.6 cm³/mol. The van der Waals surface area contributed by atoms with Crippen molar-refractivity contribution in [1.29, 1.82) is 0 Å². The van der Waals surface area contributed by atoms with Crippen molar-refractivity contribution in [3.05, 3.63) is 63.9 Å². The highest BCUT2D eigenvalue weighted by molar-refractivity contribution is 9.10. The minimum atomic E-state index is -0.304. The molecule has 0 unspecified atom stereocenters. The van der Waals surface area contributed by atoms with Crippen molar-refractivity contribution in [3.63, 3.8) is 0 Å². The van der Waals surface area contributed by atoms with Gasteiger partial charge in [-0.2, -0.15) is 0 Å². The fourth-order valence-electron chi connectivity index (χ4n) is 1.80. The molecule has 0 atom stereocenters. The van der Waals surface area contributed by atoms with Crippen molar-refractivity contribution in [1.82, 2.24) is 5.32 Å². The topological polar surface area (TPSA) is 21.3 Å². The van der Waals surface area contributed by atoms with Crippen LogP contribution < -0.4 is 10.1 Å². The molecule has 0 saturated carbocycles. The summed E-state index contributed by atoms with van der Waals surface area (Å²) < 4.78 is 19.6. The van der Waals surface area contributed by atoms with Gasteiger partial charge < -0.3 is 10.1 Å². The Labute approximate surface area is 120 Å². The Morgan fingerprint density at radius 2 is 1.89 bits per heavy atom. The fourth-order valence-corrected chi connectivity index (χ4v) is 2.17. The normalized spacial score (nSPS) is 10.5. The van der Waals surface area contributed by atoms with Crippen LogP contribution in [-0.4, -0.2) is 7.05 Å². The van der Waals surface area contributed by atoms with Gasteiger partial charge in [0, 0.05) is 12.6 Å². The first-order chi connectivity index (χ1) is 9.20. The number of nitrogens with one attached hydrogen (secondary N) is 1. The van der Waals surface area contributed by atoms with E-state index in [-0.39, 0.29) is 5.82 Å². The lowest BCUT2D eigenvalue weighted by Gasteiger charge is -2.12. The molecule has 19 heavy (non-hydrogen) atoms. The highest BCUT2D eigenvalue weighted by Gasteiger charge is 2.05. The molecule has 0 amide bonds. The molecule has 0 aliphatic heterocycles. The molecular weight excluding hydrogens is 309 g/mol. The highest BCUT2D eigenvalue weighted by Crippen LogP contribution is 2.26. The van der Waals surface area contributed by atoms with E-state index in [0.29, 0.717) is 12.4 Å². The van der Waals surface area contributed by atoms with Crippen LogP contribution in [0.3, 0.4) is 0 Å². The summed E-state index contributed by atoms with van der Waals surface area (Å²) >= 11 is 3.35. The third kappa shape index (κ3) is 3.78. The quantitative estimate of drug-likeness (QED) is 0.901. The summed E-state index contributed by atoms with van der Waals surface area (Å²) in [6, 6.07) is 12.4. The standard InChI is InChI=1S/C15H15BrFNO/c1-18-9-11-4-2-3-5-12(11)10-19-15-8-13(17)6-7-14(15)16/h2-8,18H,9-10H2,1H3. The third-order valence-electron chi connectivity index (χ3n) is 2.76. The Bertz CT molecular complexity index is 560. The van der Waals surface area contributed by atoms with Gasteiger partial charge in [-0.15, -0.1) is 0 Å². The zero-order chi connectivity index (χ0) is 13.7. The van der Waals surface area contributed by atoms with Crippen molar-refractivity contribution in [2.24, 2.45) is 0 Å². The van der Waals surface area contributed by atoms with Crippen LogP contribution in [0.4, 0.5) is 4.39 Å². The highest BCUT2D eigenvalue weighted by atomic mass is 79.9. The predicted octanol–water partition coefficient (Wildman–Crippen LogP) is 3.89. The van der Waals surface area contributed by atoms with E-state index in [1.54, 1.807) is 6.07 Å². The van der Waals surface area contributed by atoms with Crippen molar-refractivity contribution >= 4 is 15.9 Å². The first-order valence-corrected chi connectivity index (χ1v) is 6.79. The first-order valence-electron chi connectivity index (χ1n) is 6.00. The van der Waals surface area contributed by atoms with Crippen molar-refractivity contribution in [2.75, 3.05) is 7.05 Å². The lowest BCUT2D eigenvalue weighted by Crippen LogP contribution is -2.09. The summed E-state index contributed by atoms with van der Waals surface area (Å²) in [6.07, 6.45) is 0. The summed E-state index contributed by atoms with van der Waals surface area (Å²) in [5, 5.41) is 3.12. The maximum absolute atomic E-state index is 13.2. The number of hydrogen-bond donors (Lipinski definition) is 1. The molecule has 2 rings (SSSR count). The minimum absolute atomic E-state index is 0.304. The number of halogens is 2. The molecular formula is C15H15BrFNO. The molecule has 0 saturated heterocycles. The van der Waals surface area contributed by atoms with E-state index in [9.17, 15) is 4.39 Å². The number of rotatable bonds is 5. The van der Waals surface area contributed by atoms with E-state index in [1.807, 2.05) is 25.2 Å². The Morgan fingerprint density at radius 3 is 2.63 bits per heavy atom. The van der Waals surface area contributed by atoms with Crippen LogP contribution in [0.1, 0.15) is 11.1 Å². The van der Waals surface area contributed by atoms with Gasteiger partial charge in [0.1, 0.15) is 18.2 Å². The van der Waals surface area contributed by atoms with Crippen LogP contribution in [-0.2, 0) is 13.2 Å². The Balaban J connectivity index is 2.12. The smallest absolute Gasteiger partial charge is 0.136 e. The van der Waals surface area contributed by atoms with E-state index in [1.165, 1.54) is 17.7 Å². The maximum Gasteiger partial charge on any atom is 0.136 e. The summed E-state index contributed by atoms with van der Waals surface area (Å²) in [5.74, 6) is 0.209. The van der Waals surface area contributed by atoms with Crippen LogP contribution >= 0.6 is 15.9 Å². The van der Waals surface area contributed by atoms with Gasteiger partial charge in [-0.25, -0.2) is 4.39 Å². The van der Waals surface area contributed by atoms with Gasteiger partial charge in [-0.3, -0.25) is 0 Å². The molecule has 0 bridgehead atoms. The van der Waals surface area contributed by atoms with E-state index < -0.39 is 0 Å². The lowest BCUT2D eigenvalue weighted by molar-refractivity contribution is 0.301. The molecule has 0 spiro atoms. The van der Waals surface area contributed by atoms with Crippen LogP contribution in [0, 0.1) is 5.82 Å². The second kappa shape index (κ2) is 6.68. The molecule has 2 aromatic rings. The molecule has 0 aromatic heterocycles. The van der Waals surface area contributed by atoms with E-state index in [4.69, 9.17) is 4.74 Å². The fraction of sp³-hybridized carbons (Fsp3) is 0.200. The van der Waals surface area contributed by atoms with Gasteiger partial charge in [0.05, 0.1) is 4.47 Å². The monoisotopic (exact) mass is 323 g/mol. The second-order valence-corrected chi connectivity index (χ2v) is 5.02. The lowest BCUT2D eigenvalue weighted by atomic mass is 10.1. The van der Waals surface area contributed by atoms with E-state index in [0.717, 1.165) is 16.6 Å². The molecule has 4 heteroatoms. The van der Waals surface area contributed by atoms with Gasteiger partial charge in [-0.1, -0.05) is 24.3 Å². The number of hydrogen-bond acceptors (Lipinski definition) is 2. The van der Waals surface area contributed by atoms with Gasteiger partial charge >= 0.3 is 0 Å². The zero-order valence-corrected chi connectivity index (χ0v) is 12.2. The molecule has 0 aliphatic carbocycles. The Kier molecular flexibility index (Phi) is 4.93. The number of benzene rings is 2. The average molecular weight is 324 g/mol. The molecule has 2 nitrogen and oxygen atoms in total. The molecule has 0 fully saturated rings.